The van der Waals surface area contributed by atoms with Crippen LogP contribution in [0.3, 0.4) is 0 Å². The molecule has 1 aromatic heterocycles. The quantitative estimate of drug-likeness (QED) is 0.621. The number of ether oxygens (including phenoxy) is 1. The largest absolute Gasteiger partial charge is 0.432 e. The van der Waals surface area contributed by atoms with Crippen molar-refractivity contribution in [1.29, 1.82) is 5.26 Å². The first kappa shape index (κ1) is 15.0. The van der Waals surface area contributed by atoms with Crippen LogP contribution >= 0.6 is 23.2 Å². The number of nitro benzene ring substituents is 1. The van der Waals surface area contributed by atoms with E-state index in [4.69, 9.17) is 33.2 Å². The third-order valence-corrected chi connectivity index (χ3v) is 3.19. The van der Waals surface area contributed by atoms with Gasteiger partial charge in [-0.3, -0.25) is 10.1 Å². The highest BCUT2D eigenvalue weighted by molar-refractivity contribution is 6.42. The topological polar surface area (TPSA) is 89.0 Å². The molecular formula is C13H7Cl2N3O3. The Hall–Kier alpha value is -2.36. The highest BCUT2D eigenvalue weighted by Crippen LogP contribution is 2.37. The van der Waals surface area contributed by atoms with Crippen molar-refractivity contribution in [3.63, 3.8) is 0 Å². The van der Waals surface area contributed by atoms with E-state index in [0.717, 1.165) is 6.07 Å². The number of aromatic nitrogens is 1. The summed E-state index contributed by atoms with van der Waals surface area (Å²) in [4.78, 5) is 14.4. The van der Waals surface area contributed by atoms with Crippen molar-refractivity contribution in [3.05, 3.63) is 55.7 Å². The van der Waals surface area contributed by atoms with Crippen LogP contribution in [-0.2, 0) is 0 Å². The smallest absolute Gasteiger partial charge is 0.313 e. The number of hydrogen-bond acceptors (Lipinski definition) is 5. The number of nitrogens with zero attached hydrogens (tertiary/aromatic N) is 3. The van der Waals surface area contributed by atoms with Crippen LogP contribution in [0.15, 0.2) is 24.3 Å². The molecule has 106 valence electrons. The maximum absolute atomic E-state index is 11.0. The average molecular weight is 324 g/mol. The average Bonchev–Trinajstić information content (AvgIpc) is 2.41. The molecule has 8 heteroatoms. The van der Waals surface area contributed by atoms with Crippen LogP contribution in [-0.4, -0.2) is 9.91 Å². The first-order chi connectivity index (χ1) is 9.90. The van der Waals surface area contributed by atoms with E-state index in [1.54, 1.807) is 13.0 Å². The Morgan fingerprint density at radius 3 is 2.57 bits per heavy atom. The van der Waals surface area contributed by atoms with Gasteiger partial charge in [-0.1, -0.05) is 23.2 Å². The van der Waals surface area contributed by atoms with Crippen LogP contribution in [0.4, 0.5) is 5.69 Å². The molecule has 21 heavy (non-hydrogen) atoms. The lowest BCUT2D eigenvalue weighted by Crippen LogP contribution is -1.96. The van der Waals surface area contributed by atoms with E-state index < -0.39 is 4.92 Å². The summed E-state index contributed by atoms with van der Waals surface area (Å²) in [6.07, 6.45) is 0. The Bertz CT molecular complexity index is 772. The molecule has 6 nitrogen and oxygen atoms in total. The Morgan fingerprint density at radius 2 is 1.95 bits per heavy atom. The third kappa shape index (κ3) is 3.40. The molecule has 0 bridgehead atoms. The van der Waals surface area contributed by atoms with Crippen LogP contribution in [0, 0.1) is 28.4 Å². The van der Waals surface area contributed by atoms with E-state index in [-0.39, 0.29) is 27.4 Å². The SMILES string of the molecule is Cc1cc(C#N)cc(Oc2cc(Cl)c(Cl)cc2[N+](=O)[O-])n1. The van der Waals surface area contributed by atoms with Crippen LogP contribution in [0.2, 0.25) is 10.0 Å². The van der Waals surface area contributed by atoms with Gasteiger partial charge < -0.3 is 4.74 Å². The summed E-state index contributed by atoms with van der Waals surface area (Å²) in [5, 5.41) is 20.1. The maximum Gasteiger partial charge on any atom is 0.313 e. The number of aryl methyl sites for hydroxylation is 1. The highest BCUT2D eigenvalue weighted by atomic mass is 35.5. The normalized spacial score (nSPS) is 10.0. The Balaban J connectivity index is 2.49. The van der Waals surface area contributed by atoms with Gasteiger partial charge in [0.15, 0.2) is 0 Å². The van der Waals surface area contributed by atoms with Gasteiger partial charge in [0.1, 0.15) is 0 Å². The van der Waals surface area contributed by atoms with Crippen molar-refractivity contribution in [3.8, 4) is 17.7 Å². The Kier molecular flexibility index (Phi) is 4.26. The summed E-state index contributed by atoms with van der Waals surface area (Å²) < 4.78 is 5.38. The summed E-state index contributed by atoms with van der Waals surface area (Å²) in [5.41, 5.74) is 0.540. The molecule has 0 saturated heterocycles. The second kappa shape index (κ2) is 5.95. The van der Waals surface area contributed by atoms with E-state index in [1.807, 2.05) is 6.07 Å². The van der Waals surface area contributed by atoms with Crippen LogP contribution in [0.1, 0.15) is 11.3 Å². The Morgan fingerprint density at radius 1 is 1.29 bits per heavy atom. The highest BCUT2D eigenvalue weighted by Gasteiger charge is 2.19. The molecule has 0 N–H and O–H groups in total. The second-order valence-corrected chi connectivity index (χ2v) is 4.85. The summed E-state index contributed by atoms with van der Waals surface area (Å²) in [6, 6.07) is 7.22. The lowest BCUT2D eigenvalue weighted by atomic mass is 10.2. The summed E-state index contributed by atoms with van der Waals surface area (Å²) in [6.45, 7) is 1.68. The lowest BCUT2D eigenvalue weighted by molar-refractivity contribution is -0.385. The Labute approximate surface area is 129 Å². The number of nitriles is 1. The molecule has 1 heterocycles. The van der Waals surface area contributed by atoms with Gasteiger partial charge in [0, 0.05) is 23.9 Å². The van der Waals surface area contributed by atoms with Crippen molar-refractivity contribution in [2.45, 2.75) is 6.92 Å². The van der Waals surface area contributed by atoms with Gasteiger partial charge in [0.2, 0.25) is 11.6 Å². The molecule has 0 amide bonds. The lowest BCUT2D eigenvalue weighted by Gasteiger charge is -2.07. The van der Waals surface area contributed by atoms with Crippen LogP contribution < -0.4 is 4.74 Å². The maximum atomic E-state index is 11.0. The molecule has 0 saturated carbocycles. The van der Waals surface area contributed by atoms with E-state index in [2.05, 4.69) is 4.98 Å². The van der Waals surface area contributed by atoms with Gasteiger partial charge in [0.05, 0.1) is 26.6 Å². The van der Waals surface area contributed by atoms with Crippen molar-refractivity contribution in [2.75, 3.05) is 0 Å². The number of hydrogen-bond donors (Lipinski definition) is 0. The van der Waals surface area contributed by atoms with Crippen molar-refractivity contribution in [1.82, 2.24) is 4.98 Å². The van der Waals surface area contributed by atoms with Crippen molar-refractivity contribution in [2.24, 2.45) is 0 Å². The summed E-state index contributed by atoms with van der Waals surface area (Å²) >= 11 is 11.6. The first-order valence-electron chi connectivity index (χ1n) is 5.61. The van der Waals surface area contributed by atoms with Crippen molar-refractivity contribution < 1.29 is 9.66 Å². The van der Waals surface area contributed by atoms with Gasteiger partial charge in [-0.2, -0.15) is 5.26 Å². The standard InChI is InChI=1S/C13H7Cl2N3O3/c1-7-2-8(6-16)3-13(17-7)21-12-5-10(15)9(14)4-11(12)18(19)20/h2-5H,1H3. The summed E-state index contributed by atoms with van der Waals surface area (Å²) in [5.74, 6) is -0.0376. The number of nitro groups is 1. The molecule has 2 aromatic rings. The van der Waals surface area contributed by atoms with Crippen molar-refractivity contribution >= 4 is 28.9 Å². The fourth-order valence-corrected chi connectivity index (χ4v) is 1.92. The molecule has 0 aliphatic carbocycles. The fraction of sp³-hybridized carbons (Fsp3) is 0.0769. The number of halogens is 2. The molecule has 1 aromatic carbocycles. The number of benzene rings is 1. The molecule has 0 radical (unpaired) electrons. The minimum Gasteiger partial charge on any atom is -0.432 e. The molecule has 0 aliphatic rings. The zero-order chi connectivity index (χ0) is 15.6. The minimum atomic E-state index is -0.640. The van der Waals surface area contributed by atoms with Crippen LogP contribution in [0.25, 0.3) is 0 Å². The van der Waals surface area contributed by atoms with Gasteiger partial charge >= 0.3 is 5.69 Å². The molecule has 0 atom stereocenters. The van der Waals surface area contributed by atoms with Gasteiger partial charge in [-0.25, -0.2) is 4.98 Å². The zero-order valence-corrected chi connectivity index (χ0v) is 12.1. The van der Waals surface area contributed by atoms with Gasteiger partial charge in [-0.05, 0) is 13.0 Å². The number of pyridine rings is 1. The predicted molar refractivity (Wildman–Crippen MR) is 76.9 cm³/mol. The van der Waals surface area contributed by atoms with E-state index in [0.29, 0.717) is 11.3 Å². The second-order valence-electron chi connectivity index (χ2n) is 4.04. The molecule has 0 spiro atoms. The molecular weight excluding hydrogens is 317 g/mol. The number of rotatable bonds is 3. The van der Waals surface area contributed by atoms with Gasteiger partial charge in [-0.15, -0.1) is 0 Å². The van der Waals surface area contributed by atoms with Gasteiger partial charge in [0.25, 0.3) is 0 Å². The van der Waals surface area contributed by atoms with E-state index in [9.17, 15) is 10.1 Å². The monoisotopic (exact) mass is 323 g/mol. The zero-order valence-electron chi connectivity index (χ0n) is 10.6. The minimum absolute atomic E-state index is 0.0469. The predicted octanol–water partition coefficient (Wildman–Crippen LogP) is 4.27. The van der Waals surface area contributed by atoms with E-state index >= 15 is 0 Å². The fourth-order valence-electron chi connectivity index (χ4n) is 1.61. The molecule has 0 unspecified atom stereocenters. The van der Waals surface area contributed by atoms with E-state index in [1.165, 1.54) is 12.1 Å². The molecule has 2 rings (SSSR count). The third-order valence-electron chi connectivity index (χ3n) is 2.47. The molecule has 0 fully saturated rings. The van der Waals surface area contributed by atoms with Crippen LogP contribution in [0.5, 0.6) is 11.6 Å². The first-order valence-corrected chi connectivity index (χ1v) is 6.36. The molecule has 0 aliphatic heterocycles. The summed E-state index contributed by atoms with van der Waals surface area (Å²) in [7, 11) is 0.